The molecular formula is C8H11BrN2O. The monoisotopic (exact) mass is 230 g/mol. The lowest BCUT2D eigenvalue weighted by Crippen LogP contribution is -2.07. The molecule has 0 amide bonds. The van der Waals surface area contributed by atoms with Gasteiger partial charge < -0.3 is 10.5 Å². The van der Waals surface area contributed by atoms with Crippen LogP contribution in [0.3, 0.4) is 0 Å². The molecule has 2 N–H and O–H groups in total. The number of nitrogens with zero attached hydrogens (tertiary/aromatic N) is 1. The van der Waals surface area contributed by atoms with Crippen LogP contribution >= 0.6 is 15.9 Å². The molecule has 0 aliphatic rings. The van der Waals surface area contributed by atoms with Gasteiger partial charge in [0.25, 0.3) is 0 Å². The second kappa shape index (κ2) is 3.87. The molecule has 3 nitrogen and oxygen atoms in total. The summed E-state index contributed by atoms with van der Waals surface area (Å²) in [5, 5.41) is 0. The summed E-state index contributed by atoms with van der Waals surface area (Å²) < 4.78 is 5.87. The number of halogens is 1. The minimum Gasteiger partial charge on any atom is -0.495 e. The molecule has 1 unspecified atom stereocenters. The van der Waals surface area contributed by atoms with E-state index in [9.17, 15) is 0 Å². The molecule has 0 saturated heterocycles. The van der Waals surface area contributed by atoms with Gasteiger partial charge in [0, 0.05) is 11.6 Å². The maximum atomic E-state index is 5.73. The predicted octanol–water partition coefficient (Wildman–Crippen LogP) is 1.87. The van der Waals surface area contributed by atoms with Crippen molar-refractivity contribution >= 4 is 15.9 Å². The Balaban J connectivity index is 3.12. The topological polar surface area (TPSA) is 48.1 Å². The standard InChI is InChI=1S/C8H11BrN2O/c1-5(10)6-3-8(9)11-4-7(6)12-2/h3-5H,10H2,1-2H3. The van der Waals surface area contributed by atoms with Crippen molar-refractivity contribution in [2.75, 3.05) is 7.11 Å². The molecule has 66 valence electrons. The van der Waals surface area contributed by atoms with E-state index in [0.717, 1.165) is 15.9 Å². The Morgan fingerprint density at radius 2 is 2.33 bits per heavy atom. The second-order valence-electron chi connectivity index (χ2n) is 2.54. The van der Waals surface area contributed by atoms with Crippen LogP contribution in [0.25, 0.3) is 0 Å². The quantitative estimate of drug-likeness (QED) is 0.790. The van der Waals surface area contributed by atoms with Gasteiger partial charge >= 0.3 is 0 Å². The van der Waals surface area contributed by atoms with Crippen molar-refractivity contribution in [1.29, 1.82) is 0 Å². The first-order valence-corrected chi connectivity index (χ1v) is 4.39. The van der Waals surface area contributed by atoms with E-state index < -0.39 is 0 Å². The van der Waals surface area contributed by atoms with Gasteiger partial charge in [-0.25, -0.2) is 4.98 Å². The van der Waals surface area contributed by atoms with Crippen LogP contribution in [-0.4, -0.2) is 12.1 Å². The average molecular weight is 231 g/mol. The average Bonchev–Trinajstić information content (AvgIpc) is 2.04. The predicted molar refractivity (Wildman–Crippen MR) is 51.1 cm³/mol. The Bertz CT molecular complexity index is 276. The Morgan fingerprint density at radius 1 is 1.67 bits per heavy atom. The molecule has 0 fully saturated rings. The third-order valence-electron chi connectivity index (χ3n) is 1.57. The zero-order valence-corrected chi connectivity index (χ0v) is 8.63. The number of pyridine rings is 1. The lowest BCUT2D eigenvalue weighted by Gasteiger charge is -2.10. The molecule has 0 saturated carbocycles. The first kappa shape index (κ1) is 9.48. The van der Waals surface area contributed by atoms with Crippen molar-refractivity contribution < 1.29 is 4.74 Å². The summed E-state index contributed by atoms with van der Waals surface area (Å²) in [5.74, 6) is 0.730. The molecule has 0 spiro atoms. The normalized spacial score (nSPS) is 12.7. The number of hydrogen-bond donors (Lipinski definition) is 1. The van der Waals surface area contributed by atoms with Gasteiger partial charge in [0.1, 0.15) is 10.4 Å². The molecule has 0 radical (unpaired) electrons. The van der Waals surface area contributed by atoms with E-state index in [2.05, 4.69) is 20.9 Å². The Morgan fingerprint density at radius 3 is 2.83 bits per heavy atom. The molecule has 1 rings (SSSR count). The second-order valence-corrected chi connectivity index (χ2v) is 3.35. The Kier molecular flexibility index (Phi) is 3.05. The van der Waals surface area contributed by atoms with Gasteiger partial charge in [-0.3, -0.25) is 0 Å². The van der Waals surface area contributed by atoms with Gasteiger partial charge in [-0.15, -0.1) is 0 Å². The first-order chi connectivity index (χ1) is 5.65. The number of methoxy groups -OCH3 is 1. The Hall–Kier alpha value is -0.610. The van der Waals surface area contributed by atoms with Crippen LogP contribution in [0.1, 0.15) is 18.5 Å². The number of aromatic nitrogens is 1. The SMILES string of the molecule is COc1cnc(Br)cc1C(C)N. The van der Waals surface area contributed by atoms with Crippen LogP contribution in [0, 0.1) is 0 Å². The highest BCUT2D eigenvalue weighted by molar-refractivity contribution is 9.10. The lowest BCUT2D eigenvalue weighted by atomic mass is 10.1. The van der Waals surface area contributed by atoms with Crippen LogP contribution in [0.15, 0.2) is 16.9 Å². The van der Waals surface area contributed by atoms with Crippen molar-refractivity contribution in [3.8, 4) is 5.75 Å². The summed E-state index contributed by atoms with van der Waals surface area (Å²) in [5.41, 5.74) is 6.69. The van der Waals surface area contributed by atoms with Crippen molar-refractivity contribution in [2.24, 2.45) is 5.73 Å². The van der Waals surface area contributed by atoms with Gasteiger partial charge in [0.15, 0.2) is 0 Å². The fourth-order valence-electron chi connectivity index (χ4n) is 0.958. The van der Waals surface area contributed by atoms with Gasteiger partial charge in [0.05, 0.1) is 13.3 Å². The van der Waals surface area contributed by atoms with E-state index >= 15 is 0 Å². The zero-order valence-electron chi connectivity index (χ0n) is 7.04. The van der Waals surface area contributed by atoms with E-state index in [1.165, 1.54) is 0 Å². The highest BCUT2D eigenvalue weighted by Crippen LogP contribution is 2.24. The summed E-state index contributed by atoms with van der Waals surface area (Å²) in [4.78, 5) is 4.03. The van der Waals surface area contributed by atoms with Gasteiger partial charge in [0.2, 0.25) is 0 Å². The van der Waals surface area contributed by atoms with Gasteiger partial charge in [-0.1, -0.05) is 0 Å². The minimum atomic E-state index is -0.0424. The first-order valence-electron chi connectivity index (χ1n) is 3.60. The zero-order chi connectivity index (χ0) is 9.14. The summed E-state index contributed by atoms with van der Waals surface area (Å²) in [6, 6.07) is 1.82. The van der Waals surface area contributed by atoms with Crippen LogP contribution in [-0.2, 0) is 0 Å². The van der Waals surface area contributed by atoms with E-state index in [4.69, 9.17) is 10.5 Å². The number of nitrogens with two attached hydrogens (primary N) is 1. The fourth-order valence-corrected chi connectivity index (χ4v) is 1.31. The van der Waals surface area contributed by atoms with Crippen molar-refractivity contribution in [1.82, 2.24) is 4.98 Å². The maximum Gasteiger partial charge on any atom is 0.141 e. The molecule has 4 heteroatoms. The van der Waals surface area contributed by atoms with E-state index in [1.807, 2.05) is 13.0 Å². The molecule has 12 heavy (non-hydrogen) atoms. The maximum absolute atomic E-state index is 5.73. The fraction of sp³-hybridized carbons (Fsp3) is 0.375. The smallest absolute Gasteiger partial charge is 0.141 e. The lowest BCUT2D eigenvalue weighted by molar-refractivity contribution is 0.404. The van der Waals surface area contributed by atoms with Crippen LogP contribution in [0.2, 0.25) is 0 Å². The molecule has 1 heterocycles. The number of hydrogen-bond acceptors (Lipinski definition) is 3. The molecule has 0 bridgehead atoms. The summed E-state index contributed by atoms with van der Waals surface area (Å²) >= 11 is 3.27. The molecular weight excluding hydrogens is 220 g/mol. The molecule has 1 aromatic rings. The highest BCUT2D eigenvalue weighted by Gasteiger charge is 2.07. The van der Waals surface area contributed by atoms with E-state index in [1.54, 1.807) is 13.3 Å². The molecule has 0 aliphatic heterocycles. The van der Waals surface area contributed by atoms with Crippen molar-refractivity contribution in [2.45, 2.75) is 13.0 Å². The van der Waals surface area contributed by atoms with Crippen LogP contribution in [0.4, 0.5) is 0 Å². The molecule has 1 atom stereocenters. The van der Waals surface area contributed by atoms with E-state index in [0.29, 0.717) is 0 Å². The largest absolute Gasteiger partial charge is 0.495 e. The van der Waals surface area contributed by atoms with Crippen LogP contribution in [0.5, 0.6) is 5.75 Å². The third kappa shape index (κ3) is 1.95. The Labute approximate surface area is 80.1 Å². The third-order valence-corrected chi connectivity index (χ3v) is 2.01. The highest BCUT2D eigenvalue weighted by atomic mass is 79.9. The van der Waals surface area contributed by atoms with Gasteiger partial charge in [-0.05, 0) is 28.9 Å². The molecule has 0 aromatic carbocycles. The summed E-state index contributed by atoms with van der Waals surface area (Å²) in [6.45, 7) is 1.91. The van der Waals surface area contributed by atoms with Gasteiger partial charge in [-0.2, -0.15) is 0 Å². The summed E-state index contributed by atoms with van der Waals surface area (Å²) in [7, 11) is 1.61. The van der Waals surface area contributed by atoms with Crippen molar-refractivity contribution in [3.05, 3.63) is 22.4 Å². The minimum absolute atomic E-state index is 0.0424. The number of ether oxygens (including phenoxy) is 1. The number of rotatable bonds is 2. The van der Waals surface area contributed by atoms with E-state index in [-0.39, 0.29) is 6.04 Å². The summed E-state index contributed by atoms with van der Waals surface area (Å²) in [6.07, 6.45) is 1.66. The van der Waals surface area contributed by atoms with Crippen molar-refractivity contribution in [3.63, 3.8) is 0 Å². The van der Waals surface area contributed by atoms with Crippen LogP contribution < -0.4 is 10.5 Å². The molecule has 0 aliphatic carbocycles. The molecule has 1 aromatic heterocycles.